The molecular weight excluding hydrogens is 370 g/mol. The van der Waals surface area contributed by atoms with Crippen LogP contribution in [-0.2, 0) is 0 Å². The van der Waals surface area contributed by atoms with Gasteiger partial charge in [-0.1, -0.05) is 35.6 Å². The molecule has 2 aromatic heterocycles. The van der Waals surface area contributed by atoms with Crippen LogP contribution < -0.4 is 5.32 Å². The first-order chi connectivity index (χ1) is 12.6. The summed E-state index contributed by atoms with van der Waals surface area (Å²) in [5.41, 5.74) is 2.46. The Hall–Kier alpha value is -3.10. The summed E-state index contributed by atoms with van der Waals surface area (Å²) in [5, 5.41) is 14.3. The van der Waals surface area contributed by atoms with Crippen LogP contribution in [0.5, 0.6) is 0 Å². The van der Waals surface area contributed by atoms with E-state index in [2.05, 4.69) is 10.3 Å². The number of benzene rings is 2. The molecule has 8 heteroatoms. The van der Waals surface area contributed by atoms with Crippen LogP contribution in [0.1, 0.15) is 9.67 Å². The third-order valence-corrected chi connectivity index (χ3v) is 5.78. The zero-order valence-corrected chi connectivity index (χ0v) is 14.8. The SMILES string of the molecule is O=C(Nc1cccc(-c2nc3ccccc3s2)c1)c1ccc([N+](=O)[O-])s1. The Kier molecular flexibility index (Phi) is 4.19. The number of hydrogen-bond donors (Lipinski definition) is 1. The number of anilines is 1. The number of para-hydroxylation sites is 1. The van der Waals surface area contributed by atoms with Crippen molar-refractivity contribution >= 4 is 49.5 Å². The topological polar surface area (TPSA) is 85.1 Å². The van der Waals surface area contributed by atoms with Gasteiger partial charge in [0.1, 0.15) is 5.01 Å². The molecule has 0 atom stereocenters. The zero-order chi connectivity index (χ0) is 18.1. The lowest BCUT2D eigenvalue weighted by molar-refractivity contribution is -0.380. The molecular formula is C18H11N3O3S2. The normalized spacial score (nSPS) is 10.8. The predicted octanol–water partition coefficient (Wildman–Crippen LogP) is 5.19. The van der Waals surface area contributed by atoms with Gasteiger partial charge in [-0.25, -0.2) is 4.98 Å². The number of carbonyl (C=O) groups is 1. The van der Waals surface area contributed by atoms with E-state index >= 15 is 0 Å². The minimum atomic E-state index is -0.505. The summed E-state index contributed by atoms with van der Waals surface area (Å²) in [6.07, 6.45) is 0. The maximum Gasteiger partial charge on any atom is 0.324 e. The Morgan fingerprint density at radius 2 is 1.88 bits per heavy atom. The summed E-state index contributed by atoms with van der Waals surface area (Å²) in [6.45, 7) is 0. The average molecular weight is 381 g/mol. The molecule has 0 radical (unpaired) electrons. The summed E-state index contributed by atoms with van der Waals surface area (Å²) >= 11 is 2.43. The van der Waals surface area contributed by atoms with E-state index in [1.807, 2.05) is 42.5 Å². The number of aromatic nitrogens is 1. The fourth-order valence-corrected chi connectivity index (χ4v) is 4.14. The fourth-order valence-electron chi connectivity index (χ4n) is 2.47. The smallest absolute Gasteiger partial charge is 0.321 e. The summed E-state index contributed by atoms with van der Waals surface area (Å²) in [7, 11) is 0. The first kappa shape index (κ1) is 16.4. The van der Waals surface area contributed by atoms with E-state index in [1.165, 1.54) is 12.1 Å². The van der Waals surface area contributed by atoms with Gasteiger partial charge in [-0.15, -0.1) is 11.3 Å². The number of nitrogens with zero attached hydrogens (tertiary/aromatic N) is 2. The number of nitrogens with one attached hydrogen (secondary N) is 1. The number of thiophene rings is 1. The number of carbonyl (C=O) groups excluding carboxylic acids is 1. The van der Waals surface area contributed by atoms with Gasteiger partial charge in [0.05, 0.1) is 20.0 Å². The lowest BCUT2D eigenvalue weighted by Gasteiger charge is -2.05. The van der Waals surface area contributed by atoms with Crippen molar-refractivity contribution in [1.29, 1.82) is 0 Å². The van der Waals surface area contributed by atoms with Crippen LogP contribution in [0.25, 0.3) is 20.8 Å². The van der Waals surface area contributed by atoms with Gasteiger partial charge in [-0.3, -0.25) is 14.9 Å². The van der Waals surface area contributed by atoms with Gasteiger partial charge in [0, 0.05) is 17.3 Å². The van der Waals surface area contributed by atoms with Gasteiger partial charge >= 0.3 is 5.00 Å². The molecule has 0 spiro atoms. The number of rotatable bonds is 4. The molecule has 0 saturated carbocycles. The molecule has 0 bridgehead atoms. The zero-order valence-electron chi connectivity index (χ0n) is 13.2. The number of amides is 1. The fraction of sp³-hybridized carbons (Fsp3) is 0. The van der Waals surface area contributed by atoms with Crippen LogP contribution in [-0.4, -0.2) is 15.8 Å². The quantitative estimate of drug-likeness (QED) is 0.390. The number of nitro groups is 1. The van der Waals surface area contributed by atoms with Crippen molar-refractivity contribution in [1.82, 2.24) is 4.98 Å². The second-order valence-corrected chi connectivity index (χ2v) is 7.51. The molecule has 0 saturated heterocycles. The third-order valence-electron chi connectivity index (χ3n) is 3.66. The van der Waals surface area contributed by atoms with Crippen LogP contribution >= 0.6 is 22.7 Å². The summed E-state index contributed by atoms with van der Waals surface area (Å²) in [4.78, 5) is 27.5. The lowest BCUT2D eigenvalue weighted by atomic mass is 10.2. The Balaban J connectivity index is 1.59. The minimum Gasteiger partial charge on any atom is -0.321 e. The molecule has 1 N–H and O–H groups in total. The van der Waals surface area contributed by atoms with Crippen LogP contribution in [0.2, 0.25) is 0 Å². The van der Waals surface area contributed by atoms with Crippen molar-refractivity contribution in [3.05, 3.63) is 75.7 Å². The van der Waals surface area contributed by atoms with Gasteiger partial charge in [-0.2, -0.15) is 0 Å². The van der Waals surface area contributed by atoms with Gasteiger partial charge in [0.2, 0.25) is 0 Å². The van der Waals surface area contributed by atoms with Crippen LogP contribution in [0.15, 0.2) is 60.7 Å². The Bertz CT molecular complexity index is 1100. The second-order valence-electron chi connectivity index (χ2n) is 5.42. The van der Waals surface area contributed by atoms with E-state index in [0.29, 0.717) is 10.6 Å². The molecule has 128 valence electrons. The molecule has 1 amide bonds. The lowest BCUT2D eigenvalue weighted by Crippen LogP contribution is -2.09. The van der Waals surface area contributed by atoms with Gasteiger partial charge in [-0.05, 0) is 30.3 Å². The van der Waals surface area contributed by atoms with Crippen LogP contribution in [0.3, 0.4) is 0 Å². The highest BCUT2D eigenvalue weighted by molar-refractivity contribution is 7.21. The largest absolute Gasteiger partial charge is 0.324 e. The number of hydrogen-bond acceptors (Lipinski definition) is 6. The molecule has 4 aromatic rings. The molecule has 4 rings (SSSR count). The number of thiazole rings is 1. The predicted molar refractivity (Wildman–Crippen MR) is 104 cm³/mol. The van der Waals surface area contributed by atoms with E-state index in [1.54, 1.807) is 17.4 Å². The summed E-state index contributed by atoms with van der Waals surface area (Å²) < 4.78 is 1.10. The van der Waals surface area contributed by atoms with Crippen molar-refractivity contribution in [2.45, 2.75) is 0 Å². The molecule has 0 unspecified atom stereocenters. The van der Waals surface area contributed by atoms with Crippen molar-refractivity contribution in [2.24, 2.45) is 0 Å². The van der Waals surface area contributed by atoms with E-state index in [0.717, 1.165) is 32.1 Å². The molecule has 0 aliphatic rings. The van der Waals surface area contributed by atoms with Crippen molar-refractivity contribution in [2.75, 3.05) is 5.32 Å². The van der Waals surface area contributed by atoms with Gasteiger partial charge in [0.15, 0.2) is 0 Å². The Labute approximate surface area is 155 Å². The van der Waals surface area contributed by atoms with Crippen LogP contribution in [0.4, 0.5) is 10.7 Å². The Morgan fingerprint density at radius 3 is 2.65 bits per heavy atom. The minimum absolute atomic E-state index is 0.0571. The Morgan fingerprint density at radius 1 is 1.04 bits per heavy atom. The second kappa shape index (κ2) is 6.66. The first-order valence-corrected chi connectivity index (χ1v) is 9.25. The van der Waals surface area contributed by atoms with E-state index < -0.39 is 4.92 Å². The highest BCUT2D eigenvalue weighted by Crippen LogP contribution is 2.31. The van der Waals surface area contributed by atoms with Crippen molar-refractivity contribution in [3.8, 4) is 10.6 Å². The molecule has 2 aromatic carbocycles. The third kappa shape index (κ3) is 3.19. The van der Waals surface area contributed by atoms with E-state index in [-0.39, 0.29) is 10.9 Å². The first-order valence-electron chi connectivity index (χ1n) is 7.62. The van der Waals surface area contributed by atoms with E-state index in [4.69, 9.17) is 0 Å². The molecule has 2 heterocycles. The molecule has 0 aliphatic heterocycles. The van der Waals surface area contributed by atoms with Crippen molar-refractivity contribution < 1.29 is 9.72 Å². The van der Waals surface area contributed by atoms with Crippen molar-refractivity contribution in [3.63, 3.8) is 0 Å². The standard InChI is InChI=1S/C18H11N3O3S2/c22-17(15-8-9-16(25-15)21(23)24)19-12-5-3-4-11(10-12)18-20-13-6-1-2-7-14(13)26-18/h1-10H,(H,19,22). The monoisotopic (exact) mass is 381 g/mol. The maximum absolute atomic E-state index is 12.3. The van der Waals surface area contributed by atoms with Crippen LogP contribution in [0, 0.1) is 10.1 Å². The molecule has 0 fully saturated rings. The molecule has 26 heavy (non-hydrogen) atoms. The van der Waals surface area contributed by atoms with E-state index in [9.17, 15) is 14.9 Å². The molecule has 0 aliphatic carbocycles. The highest BCUT2D eigenvalue weighted by Gasteiger charge is 2.15. The summed E-state index contributed by atoms with van der Waals surface area (Å²) in [6, 6.07) is 18.1. The van der Waals surface area contributed by atoms with Gasteiger partial charge < -0.3 is 5.32 Å². The summed E-state index contributed by atoms with van der Waals surface area (Å²) in [5.74, 6) is -0.371. The highest BCUT2D eigenvalue weighted by atomic mass is 32.1. The average Bonchev–Trinajstić information content (AvgIpc) is 3.29. The maximum atomic E-state index is 12.3. The number of fused-ring (bicyclic) bond motifs is 1. The van der Waals surface area contributed by atoms with Gasteiger partial charge in [0.25, 0.3) is 5.91 Å². The molecule has 6 nitrogen and oxygen atoms in total.